The zero-order chi connectivity index (χ0) is 29.8. The first-order valence-corrected chi connectivity index (χ1v) is 14.5. The minimum Gasteiger partial charge on any atom is -0.494 e. The third kappa shape index (κ3) is 6.11. The van der Waals surface area contributed by atoms with Crippen molar-refractivity contribution in [3.05, 3.63) is 127 Å². The first kappa shape index (κ1) is 27.7. The Morgan fingerprint density at radius 3 is 2.56 bits per heavy atom. The van der Waals surface area contributed by atoms with Crippen molar-refractivity contribution in [2.24, 2.45) is 0 Å². The molecule has 43 heavy (non-hydrogen) atoms. The summed E-state index contributed by atoms with van der Waals surface area (Å²) < 4.78 is 9.11. The Balaban J connectivity index is 1.32. The average molecular weight is 591 g/mol. The number of hydrogen-bond donors (Lipinski definition) is 0. The van der Waals surface area contributed by atoms with Crippen LogP contribution < -0.4 is 14.8 Å². The number of non-ortho nitro benzene ring substituents is 1. The van der Waals surface area contributed by atoms with Crippen LogP contribution in [0.5, 0.6) is 5.75 Å². The molecule has 214 valence electrons. The van der Waals surface area contributed by atoms with Crippen LogP contribution in [0, 0.1) is 10.1 Å². The van der Waals surface area contributed by atoms with Gasteiger partial charge in [-0.1, -0.05) is 73.2 Å². The van der Waals surface area contributed by atoms with Crippen molar-refractivity contribution in [3.8, 4) is 22.7 Å². The third-order valence-electron chi connectivity index (χ3n) is 6.65. The van der Waals surface area contributed by atoms with Crippen LogP contribution in [0.4, 0.5) is 5.69 Å². The number of nitrogens with zero attached hydrogens (tertiary/aromatic N) is 6. The van der Waals surface area contributed by atoms with Gasteiger partial charge in [0.25, 0.3) is 11.2 Å². The van der Waals surface area contributed by atoms with E-state index in [4.69, 9.17) is 9.84 Å². The molecule has 0 bridgehead atoms. The molecular formula is C32H26N6O4S. The summed E-state index contributed by atoms with van der Waals surface area (Å²) in [6.07, 6.45) is 9.27. The molecule has 0 aliphatic carbocycles. The summed E-state index contributed by atoms with van der Waals surface area (Å²) >= 11 is 1.22. The van der Waals surface area contributed by atoms with Gasteiger partial charge in [0.1, 0.15) is 11.4 Å². The van der Waals surface area contributed by atoms with Crippen molar-refractivity contribution in [1.82, 2.24) is 24.4 Å². The highest BCUT2D eigenvalue weighted by atomic mass is 32.1. The second kappa shape index (κ2) is 12.2. The van der Waals surface area contributed by atoms with Crippen LogP contribution in [0.15, 0.2) is 89.9 Å². The molecule has 3 aromatic heterocycles. The Morgan fingerprint density at radius 1 is 1.00 bits per heavy atom. The summed E-state index contributed by atoms with van der Waals surface area (Å²) in [6.45, 7) is 2.82. The Kier molecular flexibility index (Phi) is 7.88. The normalized spacial score (nSPS) is 12.0. The molecule has 6 aromatic rings. The number of rotatable bonds is 10. The van der Waals surface area contributed by atoms with Gasteiger partial charge < -0.3 is 4.74 Å². The van der Waals surface area contributed by atoms with E-state index in [1.807, 2.05) is 60.7 Å². The predicted octanol–water partition coefficient (Wildman–Crippen LogP) is 5.81. The maximum atomic E-state index is 13.3. The molecule has 0 radical (unpaired) electrons. The van der Waals surface area contributed by atoms with Crippen LogP contribution in [0.25, 0.3) is 40.1 Å². The molecule has 3 aromatic carbocycles. The van der Waals surface area contributed by atoms with Gasteiger partial charge in [0.2, 0.25) is 4.96 Å². The zero-order valence-corrected chi connectivity index (χ0v) is 24.0. The van der Waals surface area contributed by atoms with Gasteiger partial charge in [-0.25, -0.2) is 4.68 Å². The molecule has 0 amide bonds. The van der Waals surface area contributed by atoms with Gasteiger partial charge in [0.15, 0.2) is 5.82 Å². The zero-order valence-electron chi connectivity index (χ0n) is 23.2. The number of thiazole rings is 1. The van der Waals surface area contributed by atoms with E-state index in [-0.39, 0.29) is 11.2 Å². The van der Waals surface area contributed by atoms with Crippen LogP contribution in [0.3, 0.4) is 0 Å². The number of fused-ring (bicyclic) bond motifs is 1. The van der Waals surface area contributed by atoms with Gasteiger partial charge in [0.05, 0.1) is 21.7 Å². The molecule has 11 heteroatoms. The van der Waals surface area contributed by atoms with E-state index in [0.717, 1.165) is 29.8 Å². The topological polar surface area (TPSA) is 117 Å². The van der Waals surface area contributed by atoms with E-state index < -0.39 is 4.92 Å². The standard InChI is InChI=1S/C32H26N6O4S/c1-2-3-18-42-27-15-12-22(13-16-27)14-17-29-33-32-37(34-29)31(39)28(43-32)20-24-21-36(25-9-5-4-6-10-25)35-30(24)23-8-7-11-26(19-23)38(40)41/h4-17,19-21H,2-3,18H2,1H3/b17-14+,28-20-. The Hall–Kier alpha value is -5.42. The van der Waals surface area contributed by atoms with Crippen LogP contribution in [-0.2, 0) is 0 Å². The van der Waals surface area contributed by atoms with Crippen LogP contribution in [0.2, 0.25) is 0 Å². The summed E-state index contributed by atoms with van der Waals surface area (Å²) in [5.41, 5.74) is 3.13. The minimum atomic E-state index is -0.444. The quantitative estimate of drug-likeness (QED) is 0.112. The predicted molar refractivity (Wildman–Crippen MR) is 167 cm³/mol. The van der Waals surface area contributed by atoms with Crippen molar-refractivity contribution < 1.29 is 9.66 Å². The summed E-state index contributed by atoms with van der Waals surface area (Å²) in [5, 5.41) is 20.5. The number of hydrogen-bond acceptors (Lipinski definition) is 8. The lowest BCUT2D eigenvalue weighted by molar-refractivity contribution is -0.384. The lowest BCUT2D eigenvalue weighted by atomic mass is 10.1. The molecule has 6 rings (SSSR count). The second-order valence-electron chi connectivity index (χ2n) is 9.71. The number of para-hydroxylation sites is 1. The number of unbranched alkanes of at least 4 members (excludes halogenated alkanes) is 1. The van der Waals surface area contributed by atoms with Crippen LogP contribution >= 0.6 is 11.3 Å². The van der Waals surface area contributed by atoms with Crippen molar-refractivity contribution >= 4 is 40.2 Å². The van der Waals surface area contributed by atoms with E-state index in [2.05, 4.69) is 17.0 Å². The highest BCUT2D eigenvalue weighted by molar-refractivity contribution is 7.15. The van der Waals surface area contributed by atoms with E-state index in [9.17, 15) is 14.9 Å². The molecule has 0 N–H and O–H groups in total. The lowest BCUT2D eigenvalue weighted by Crippen LogP contribution is -2.23. The Morgan fingerprint density at radius 2 is 1.81 bits per heavy atom. The maximum absolute atomic E-state index is 13.3. The largest absolute Gasteiger partial charge is 0.494 e. The van der Waals surface area contributed by atoms with E-state index in [0.29, 0.717) is 38.7 Å². The molecule has 0 atom stereocenters. The number of aromatic nitrogens is 5. The molecule has 0 saturated heterocycles. The maximum Gasteiger partial charge on any atom is 0.291 e. The second-order valence-corrected chi connectivity index (χ2v) is 10.7. The fourth-order valence-electron chi connectivity index (χ4n) is 4.44. The fourth-order valence-corrected chi connectivity index (χ4v) is 5.34. The van der Waals surface area contributed by atoms with Crippen LogP contribution in [-0.4, -0.2) is 35.9 Å². The van der Waals surface area contributed by atoms with Gasteiger partial charge in [-0.05, 0) is 48.4 Å². The SMILES string of the molecule is CCCCOc1ccc(/C=C/c2nc3s/c(=C\c4cn(-c5ccccc5)nc4-c4cccc([N+](=O)[O-])c4)c(=O)n3n2)cc1. The summed E-state index contributed by atoms with van der Waals surface area (Å²) in [7, 11) is 0. The number of nitro benzene ring substituents is 1. The van der Waals surface area contributed by atoms with E-state index >= 15 is 0 Å². The third-order valence-corrected chi connectivity index (χ3v) is 7.61. The van der Waals surface area contributed by atoms with Gasteiger partial charge >= 0.3 is 0 Å². The Bertz CT molecular complexity index is 2050. The van der Waals surface area contributed by atoms with Gasteiger partial charge in [-0.3, -0.25) is 14.9 Å². The molecular weight excluding hydrogens is 564 g/mol. The van der Waals surface area contributed by atoms with Crippen molar-refractivity contribution in [2.75, 3.05) is 6.61 Å². The lowest BCUT2D eigenvalue weighted by Gasteiger charge is -2.04. The number of benzene rings is 3. The molecule has 0 unspecified atom stereocenters. The minimum absolute atomic E-state index is 0.0437. The van der Waals surface area contributed by atoms with Gasteiger partial charge in [-0.15, -0.1) is 5.10 Å². The Labute approximate surface area is 250 Å². The highest BCUT2D eigenvalue weighted by Crippen LogP contribution is 2.27. The van der Waals surface area contributed by atoms with Crippen molar-refractivity contribution in [2.45, 2.75) is 19.8 Å². The summed E-state index contributed by atoms with van der Waals surface area (Å²) in [4.78, 5) is 29.3. The molecule has 0 saturated carbocycles. The van der Waals surface area contributed by atoms with E-state index in [1.54, 1.807) is 35.2 Å². The average Bonchev–Trinajstić information content (AvgIpc) is 3.72. The molecule has 0 fully saturated rings. The first-order chi connectivity index (χ1) is 21.0. The summed E-state index contributed by atoms with van der Waals surface area (Å²) in [5.74, 6) is 1.25. The molecule has 3 heterocycles. The van der Waals surface area contributed by atoms with Gasteiger partial charge in [0, 0.05) is 29.5 Å². The van der Waals surface area contributed by atoms with Crippen molar-refractivity contribution in [3.63, 3.8) is 0 Å². The monoisotopic (exact) mass is 590 g/mol. The van der Waals surface area contributed by atoms with Crippen molar-refractivity contribution in [1.29, 1.82) is 0 Å². The van der Waals surface area contributed by atoms with Crippen LogP contribution in [0.1, 0.15) is 36.7 Å². The number of nitro groups is 1. The molecule has 10 nitrogen and oxygen atoms in total. The highest BCUT2D eigenvalue weighted by Gasteiger charge is 2.16. The number of ether oxygens (including phenoxy) is 1. The van der Waals surface area contributed by atoms with E-state index in [1.165, 1.54) is 28.0 Å². The molecule has 0 aliphatic heterocycles. The molecule has 0 aliphatic rings. The van der Waals surface area contributed by atoms with Gasteiger partial charge in [-0.2, -0.15) is 14.6 Å². The summed E-state index contributed by atoms with van der Waals surface area (Å²) in [6, 6.07) is 23.5. The smallest absolute Gasteiger partial charge is 0.291 e. The molecule has 0 spiro atoms. The fraction of sp³-hybridized carbons (Fsp3) is 0.125. The first-order valence-electron chi connectivity index (χ1n) is 13.7.